The number of benzene rings is 1. The van der Waals surface area contributed by atoms with Crippen LogP contribution < -0.4 is 10.1 Å². The quantitative estimate of drug-likeness (QED) is 0.199. The van der Waals surface area contributed by atoms with Crippen molar-refractivity contribution in [3.05, 3.63) is 71.8 Å². The number of ketones is 1. The molecule has 4 heterocycles. The van der Waals surface area contributed by atoms with E-state index in [1.165, 1.54) is 17.4 Å². The zero-order chi connectivity index (χ0) is 30.6. The Labute approximate surface area is 261 Å². The summed E-state index contributed by atoms with van der Waals surface area (Å²) in [6.07, 6.45) is 8.57. The third kappa shape index (κ3) is 7.25. The van der Waals surface area contributed by atoms with Crippen LogP contribution in [0.3, 0.4) is 0 Å². The Morgan fingerprint density at radius 2 is 1.84 bits per heavy atom. The first-order valence-corrected chi connectivity index (χ1v) is 16.2. The van der Waals surface area contributed by atoms with Gasteiger partial charge in [-0.2, -0.15) is 0 Å². The second-order valence-corrected chi connectivity index (χ2v) is 12.9. The SMILES string of the molecule is CCNC(=O)N(C)C1CCN(Cc2ccc(-c3cc4nccc(Oc5ccc(CC(=O)CC6CC6)cc5F)c4s3)nc2)CC1. The molecule has 0 unspecified atom stereocenters. The number of hydrogen-bond donors (Lipinski definition) is 1. The van der Waals surface area contributed by atoms with E-state index in [1.807, 2.05) is 37.2 Å². The van der Waals surface area contributed by atoms with Crippen LogP contribution in [-0.2, 0) is 17.8 Å². The number of likely N-dealkylation sites (tertiary alicyclic amines) is 1. The summed E-state index contributed by atoms with van der Waals surface area (Å²) in [6, 6.07) is 12.9. The van der Waals surface area contributed by atoms with E-state index in [0.717, 1.165) is 71.7 Å². The zero-order valence-corrected chi connectivity index (χ0v) is 26.0. The number of nitrogens with one attached hydrogen (secondary N) is 1. The second-order valence-electron chi connectivity index (χ2n) is 11.9. The minimum atomic E-state index is -0.487. The van der Waals surface area contributed by atoms with Gasteiger partial charge in [0, 0.05) is 70.6 Å². The standard InChI is InChI=1S/C34H38FN5O3S/c1-3-36-34(42)39(2)25-11-14-40(15-12-25)21-24-6-8-28(38-20-24)32-19-29-33(44-32)31(10-13-37-29)43-30-9-7-23(18-27(30)35)17-26(41)16-22-4-5-22/h6-10,13,18-20,22,25H,3-5,11-12,14-17,21H2,1-2H3,(H,36,42). The van der Waals surface area contributed by atoms with Crippen molar-refractivity contribution >= 4 is 33.4 Å². The molecule has 1 aliphatic carbocycles. The van der Waals surface area contributed by atoms with E-state index in [1.54, 1.807) is 24.4 Å². The number of carbonyl (C=O) groups is 2. The Morgan fingerprint density at radius 1 is 1.05 bits per heavy atom. The van der Waals surface area contributed by atoms with Crippen molar-refractivity contribution in [3.8, 4) is 22.1 Å². The molecule has 230 valence electrons. The number of hydrogen-bond acceptors (Lipinski definition) is 7. The number of rotatable bonds is 11. The predicted octanol–water partition coefficient (Wildman–Crippen LogP) is 6.83. The van der Waals surface area contributed by atoms with Crippen molar-refractivity contribution in [2.75, 3.05) is 26.7 Å². The first-order valence-electron chi connectivity index (χ1n) is 15.4. The van der Waals surface area contributed by atoms with E-state index in [2.05, 4.69) is 21.3 Å². The number of urea groups is 1. The zero-order valence-electron chi connectivity index (χ0n) is 25.2. The van der Waals surface area contributed by atoms with Crippen LogP contribution in [0.25, 0.3) is 20.8 Å². The molecule has 44 heavy (non-hydrogen) atoms. The van der Waals surface area contributed by atoms with Crippen LogP contribution in [0.4, 0.5) is 9.18 Å². The maximum absolute atomic E-state index is 15.0. The molecule has 6 rings (SSSR count). The van der Waals surface area contributed by atoms with Gasteiger partial charge in [0.1, 0.15) is 11.5 Å². The lowest BCUT2D eigenvalue weighted by atomic mass is 10.0. The Hall–Kier alpha value is -3.89. The van der Waals surface area contributed by atoms with Gasteiger partial charge in [0.15, 0.2) is 11.6 Å². The summed E-state index contributed by atoms with van der Waals surface area (Å²) < 4.78 is 21.8. The number of amides is 2. The molecule has 3 aromatic heterocycles. The van der Waals surface area contributed by atoms with Crippen LogP contribution in [-0.4, -0.2) is 64.3 Å². The van der Waals surface area contributed by atoms with E-state index in [4.69, 9.17) is 9.72 Å². The fourth-order valence-electron chi connectivity index (χ4n) is 5.75. The van der Waals surface area contributed by atoms with Gasteiger partial charge in [0.05, 0.1) is 20.8 Å². The summed E-state index contributed by atoms with van der Waals surface area (Å²) in [5, 5.41) is 2.88. The van der Waals surface area contributed by atoms with Gasteiger partial charge in [-0.25, -0.2) is 9.18 Å². The van der Waals surface area contributed by atoms with Crippen LogP contribution in [0.15, 0.2) is 54.9 Å². The normalized spacial score (nSPS) is 15.8. The maximum Gasteiger partial charge on any atom is 0.317 e. The summed E-state index contributed by atoms with van der Waals surface area (Å²) in [7, 11) is 1.88. The number of halogens is 1. The lowest BCUT2D eigenvalue weighted by Gasteiger charge is -2.36. The first-order chi connectivity index (χ1) is 21.4. The molecule has 10 heteroatoms. The number of pyridine rings is 2. The van der Waals surface area contributed by atoms with Crippen molar-refractivity contribution in [3.63, 3.8) is 0 Å². The molecule has 2 fully saturated rings. The lowest BCUT2D eigenvalue weighted by molar-refractivity contribution is -0.118. The lowest BCUT2D eigenvalue weighted by Crippen LogP contribution is -2.48. The number of aromatic nitrogens is 2. The summed E-state index contributed by atoms with van der Waals surface area (Å²) >= 11 is 1.51. The Kier molecular flexibility index (Phi) is 9.18. The summed E-state index contributed by atoms with van der Waals surface area (Å²) in [4.78, 5) is 38.8. The summed E-state index contributed by atoms with van der Waals surface area (Å²) in [5.41, 5.74) is 3.41. The summed E-state index contributed by atoms with van der Waals surface area (Å²) in [6.45, 7) is 5.25. The molecule has 0 bridgehead atoms. The summed E-state index contributed by atoms with van der Waals surface area (Å²) in [5.74, 6) is 0.843. The minimum absolute atomic E-state index is 0.00458. The van der Waals surface area contributed by atoms with E-state index < -0.39 is 5.82 Å². The molecule has 2 aliphatic rings. The number of thiophene rings is 1. The molecule has 0 spiro atoms. The largest absolute Gasteiger partial charge is 0.453 e. The molecule has 0 atom stereocenters. The van der Waals surface area contributed by atoms with E-state index in [9.17, 15) is 14.0 Å². The number of Topliss-reactive ketones (excluding diaryl/α,β-unsaturated/α-hetero) is 1. The Balaban J connectivity index is 1.08. The van der Waals surface area contributed by atoms with Gasteiger partial charge in [-0.3, -0.25) is 19.7 Å². The smallest absolute Gasteiger partial charge is 0.317 e. The van der Waals surface area contributed by atoms with Crippen molar-refractivity contribution in [2.45, 2.75) is 58.0 Å². The molecule has 1 N–H and O–H groups in total. The topological polar surface area (TPSA) is 87.7 Å². The monoisotopic (exact) mass is 615 g/mol. The highest BCUT2D eigenvalue weighted by Gasteiger charge is 2.26. The fourth-order valence-corrected chi connectivity index (χ4v) is 6.79. The van der Waals surface area contributed by atoms with Crippen molar-refractivity contribution < 1.29 is 18.7 Å². The highest BCUT2D eigenvalue weighted by molar-refractivity contribution is 7.22. The number of piperidine rings is 1. The number of ether oxygens (including phenoxy) is 1. The van der Waals surface area contributed by atoms with Crippen LogP contribution >= 0.6 is 11.3 Å². The number of nitrogens with zero attached hydrogens (tertiary/aromatic N) is 4. The van der Waals surface area contributed by atoms with Crippen LogP contribution in [0.2, 0.25) is 0 Å². The van der Waals surface area contributed by atoms with Crippen molar-refractivity contribution in [2.24, 2.45) is 5.92 Å². The third-order valence-electron chi connectivity index (χ3n) is 8.44. The predicted molar refractivity (Wildman–Crippen MR) is 171 cm³/mol. The van der Waals surface area contributed by atoms with Gasteiger partial charge in [0.2, 0.25) is 0 Å². The first kappa shape index (κ1) is 30.1. The van der Waals surface area contributed by atoms with Gasteiger partial charge in [0.25, 0.3) is 0 Å². The average Bonchev–Trinajstić information content (AvgIpc) is 3.72. The van der Waals surface area contributed by atoms with Crippen LogP contribution in [0, 0.1) is 11.7 Å². The number of carbonyl (C=O) groups excluding carboxylic acids is 2. The highest BCUT2D eigenvalue weighted by Crippen LogP contribution is 2.39. The highest BCUT2D eigenvalue weighted by atomic mass is 32.1. The molecule has 2 amide bonds. The average molecular weight is 616 g/mol. The van der Waals surface area contributed by atoms with Gasteiger partial charge < -0.3 is 15.0 Å². The Morgan fingerprint density at radius 3 is 2.55 bits per heavy atom. The molecule has 1 saturated carbocycles. The molecule has 0 radical (unpaired) electrons. The van der Waals surface area contributed by atoms with Gasteiger partial charge in [-0.15, -0.1) is 11.3 Å². The van der Waals surface area contributed by atoms with Crippen LogP contribution in [0.1, 0.15) is 50.2 Å². The van der Waals surface area contributed by atoms with Gasteiger partial charge in [-0.1, -0.05) is 12.1 Å². The van der Waals surface area contributed by atoms with E-state index in [-0.39, 0.29) is 30.0 Å². The van der Waals surface area contributed by atoms with Crippen LogP contribution in [0.5, 0.6) is 11.5 Å². The fraction of sp³-hybridized carbons (Fsp3) is 0.412. The second kappa shape index (κ2) is 13.4. The Bertz CT molecular complexity index is 1630. The minimum Gasteiger partial charge on any atom is -0.453 e. The number of fused-ring (bicyclic) bond motifs is 1. The molecule has 1 aromatic carbocycles. The molecule has 1 saturated heterocycles. The third-order valence-corrected chi connectivity index (χ3v) is 9.60. The van der Waals surface area contributed by atoms with Gasteiger partial charge >= 0.3 is 6.03 Å². The van der Waals surface area contributed by atoms with Crippen molar-refractivity contribution in [1.82, 2.24) is 25.1 Å². The van der Waals surface area contributed by atoms with E-state index in [0.29, 0.717) is 30.2 Å². The maximum atomic E-state index is 15.0. The molecular weight excluding hydrogens is 577 g/mol. The molecular formula is C34H38FN5O3S. The van der Waals surface area contributed by atoms with Gasteiger partial charge in [-0.05, 0) is 73.9 Å². The molecule has 8 nitrogen and oxygen atoms in total. The molecule has 4 aromatic rings. The molecule has 1 aliphatic heterocycles. The van der Waals surface area contributed by atoms with Crippen molar-refractivity contribution in [1.29, 1.82) is 0 Å². The van der Waals surface area contributed by atoms with E-state index >= 15 is 0 Å².